The Balaban J connectivity index is 2.11. The fraction of sp³-hybridized carbons (Fsp3) is 0.600. The Morgan fingerprint density at radius 3 is 2.41 bits per heavy atom. The van der Waals surface area contributed by atoms with Gasteiger partial charge in [0, 0.05) is 6.54 Å². The van der Waals surface area contributed by atoms with Gasteiger partial charge in [0.15, 0.2) is 0 Å². The van der Waals surface area contributed by atoms with E-state index in [1.165, 1.54) is 29.5 Å². The molecule has 0 unspecified atom stereocenters. The van der Waals surface area contributed by atoms with E-state index in [1.54, 1.807) is 0 Å². The molecule has 2 nitrogen and oxygen atoms in total. The van der Waals surface area contributed by atoms with E-state index in [9.17, 15) is 0 Å². The number of nitrogens with one attached hydrogen (secondary N) is 2. The molecule has 0 aromatic heterocycles. The average molecular weight is 234 g/mol. The van der Waals surface area contributed by atoms with Crippen LogP contribution in [-0.2, 0) is 6.54 Å². The van der Waals surface area contributed by atoms with Crippen LogP contribution in [0.25, 0.3) is 0 Å². The molecule has 96 valence electrons. The Morgan fingerprint density at radius 2 is 1.71 bits per heavy atom. The highest BCUT2D eigenvalue weighted by atomic mass is 14.9. The van der Waals surface area contributed by atoms with Crippen LogP contribution in [0, 0.1) is 13.8 Å². The largest absolute Gasteiger partial charge is 0.317 e. The molecular weight excluding hydrogens is 208 g/mol. The minimum Gasteiger partial charge on any atom is -0.317 e. The van der Waals surface area contributed by atoms with Crippen LogP contribution in [0.15, 0.2) is 18.2 Å². The minimum atomic E-state index is 0.981. The lowest BCUT2D eigenvalue weighted by atomic mass is 10.1. The first-order valence-electron chi connectivity index (χ1n) is 6.71. The molecule has 2 N–H and O–H groups in total. The summed E-state index contributed by atoms with van der Waals surface area (Å²) in [5.74, 6) is 0. The van der Waals surface area contributed by atoms with Gasteiger partial charge in [-0.25, -0.2) is 0 Å². The molecule has 0 atom stereocenters. The van der Waals surface area contributed by atoms with Gasteiger partial charge in [-0.1, -0.05) is 25.1 Å². The lowest BCUT2D eigenvalue weighted by Crippen LogP contribution is -2.22. The van der Waals surface area contributed by atoms with Crippen LogP contribution in [0.3, 0.4) is 0 Å². The van der Waals surface area contributed by atoms with Crippen LogP contribution in [0.5, 0.6) is 0 Å². The summed E-state index contributed by atoms with van der Waals surface area (Å²) in [5, 5.41) is 6.90. The molecule has 0 spiro atoms. The van der Waals surface area contributed by atoms with E-state index in [2.05, 4.69) is 49.6 Å². The lowest BCUT2D eigenvalue weighted by Gasteiger charge is -2.07. The smallest absolute Gasteiger partial charge is 0.0205 e. The molecule has 1 aromatic rings. The van der Waals surface area contributed by atoms with Crippen molar-refractivity contribution in [1.29, 1.82) is 0 Å². The SMILES string of the molecule is CCCNCCCNCc1ccc(C)c(C)c1. The fourth-order valence-electron chi connectivity index (χ4n) is 1.79. The van der Waals surface area contributed by atoms with Crippen LogP contribution in [0.1, 0.15) is 36.5 Å². The second-order valence-corrected chi connectivity index (χ2v) is 4.70. The van der Waals surface area contributed by atoms with E-state index < -0.39 is 0 Å². The van der Waals surface area contributed by atoms with Crippen molar-refractivity contribution in [3.63, 3.8) is 0 Å². The van der Waals surface area contributed by atoms with Crippen molar-refractivity contribution in [3.05, 3.63) is 34.9 Å². The van der Waals surface area contributed by atoms with E-state index in [0.717, 1.165) is 26.2 Å². The van der Waals surface area contributed by atoms with Gasteiger partial charge in [-0.2, -0.15) is 0 Å². The van der Waals surface area contributed by atoms with Crippen LogP contribution in [0.4, 0.5) is 0 Å². The van der Waals surface area contributed by atoms with Crippen LogP contribution in [-0.4, -0.2) is 19.6 Å². The van der Waals surface area contributed by atoms with E-state index in [1.807, 2.05) is 0 Å². The van der Waals surface area contributed by atoms with Gasteiger partial charge < -0.3 is 10.6 Å². The molecule has 2 heteroatoms. The maximum Gasteiger partial charge on any atom is 0.0205 e. The zero-order chi connectivity index (χ0) is 12.5. The molecule has 0 aliphatic carbocycles. The number of hydrogen-bond donors (Lipinski definition) is 2. The third kappa shape index (κ3) is 5.85. The number of hydrogen-bond acceptors (Lipinski definition) is 2. The van der Waals surface area contributed by atoms with Crippen molar-refractivity contribution in [2.75, 3.05) is 19.6 Å². The second kappa shape index (κ2) is 8.26. The van der Waals surface area contributed by atoms with Crippen molar-refractivity contribution in [1.82, 2.24) is 10.6 Å². The van der Waals surface area contributed by atoms with Crippen LogP contribution >= 0.6 is 0 Å². The molecule has 0 aliphatic rings. The van der Waals surface area contributed by atoms with Gasteiger partial charge >= 0.3 is 0 Å². The summed E-state index contributed by atoms with van der Waals surface area (Å²) in [6, 6.07) is 6.69. The third-order valence-corrected chi connectivity index (χ3v) is 3.03. The predicted molar refractivity (Wildman–Crippen MR) is 75.4 cm³/mol. The summed E-state index contributed by atoms with van der Waals surface area (Å²) in [6.45, 7) is 10.9. The second-order valence-electron chi connectivity index (χ2n) is 4.70. The molecule has 0 heterocycles. The van der Waals surface area contributed by atoms with Gasteiger partial charge in [-0.3, -0.25) is 0 Å². The molecule has 0 fully saturated rings. The molecule has 0 bridgehead atoms. The summed E-state index contributed by atoms with van der Waals surface area (Å²) < 4.78 is 0. The normalized spacial score (nSPS) is 10.8. The summed E-state index contributed by atoms with van der Waals surface area (Å²) in [7, 11) is 0. The van der Waals surface area contributed by atoms with Gasteiger partial charge in [-0.15, -0.1) is 0 Å². The molecule has 0 saturated carbocycles. The zero-order valence-corrected chi connectivity index (χ0v) is 11.5. The zero-order valence-electron chi connectivity index (χ0n) is 11.5. The predicted octanol–water partition coefficient (Wildman–Crippen LogP) is 2.78. The third-order valence-electron chi connectivity index (χ3n) is 3.03. The highest BCUT2D eigenvalue weighted by molar-refractivity contribution is 5.29. The van der Waals surface area contributed by atoms with Crippen molar-refractivity contribution in [2.45, 2.75) is 40.2 Å². The first kappa shape index (κ1) is 14.2. The van der Waals surface area contributed by atoms with Gasteiger partial charge in [-0.05, 0) is 63.0 Å². The average Bonchev–Trinajstić information content (AvgIpc) is 2.32. The molecule has 1 rings (SSSR count). The number of benzene rings is 1. The Labute approximate surface area is 106 Å². The highest BCUT2D eigenvalue weighted by Crippen LogP contribution is 2.09. The Bertz CT molecular complexity index is 321. The van der Waals surface area contributed by atoms with Crippen LogP contribution in [0.2, 0.25) is 0 Å². The first-order chi connectivity index (χ1) is 8.24. The molecule has 0 saturated heterocycles. The molecule has 0 aliphatic heterocycles. The quantitative estimate of drug-likeness (QED) is 0.676. The van der Waals surface area contributed by atoms with Gasteiger partial charge in [0.05, 0.1) is 0 Å². The van der Waals surface area contributed by atoms with Gasteiger partial charge in [0.2, 0.25) is 0 Å². The van der Waals surface area contributed by atoms with Crippen molar-refractivity contribution in [3.8, 4) is 0 Å². The maximum absolute atomic E-state index is 3.49. The summed E-state index contributed by atoms with van der Waals surface area (Å²) in [4.78, 5) is 0. The van der Waals surface area contributed by atoms with Crippen LogP contribution < -0.4 is 10.6 Å². The number of aryl methyl sites for hydroxylation is 2. The molecular formula is C15H26N2. The van der Waals surface area contributed by atoms with Gasteiger partial charge in [0.25, 0.3) is 0 Å². The molecule has 1 aromatic carbocycles. The summed E-state index contributed by atoms with van der Waals surface area (Å²) in [5.41, 5.74) is 4.14. The van der Waals surface area contributed by atoms with E-state index in [4.69, 9.17) is 0 Å². The first-order valence-corrected chi connectivity index (χ1v) is 6.71. The van der Waals surface area contributed by atoms with E-state index in [0.29, 0.717) is 0 Å². The Morgan fingerprint density at radius 1 is 0.941 bits per heavy atom. The Kier molecular flexibility index (Phi) is 6.90. The number of rotatable bonds is 8. The van der Waals surface area contributed by atoms with Crippen molar-refractivity contribution < 1.29 is 0 Å². The van der Waals surface area contributed by atoms with E-state index >= 15 is 0 Å². The van der Waals surface area contributed by atoms with Crippen molar-refractivity contribution in [2.24, 2.45) is 0 Å². The standard InChI is InChI=1S/C15H26N2/c1-4-8-16-9-5-10-17-12-15-7-6-13(2)14(3)11-15/h6-7,11,16-17H,4-5,8-10,12H2,1-3H3. The molecule has 17 heavy (non-hydrogen) atoms. The maximum atomic E-state index is 3.49. The van der Waals surface area contributed by atoms with Gasteiger partial charge in [0.1, 0.15) is 0 Å². The fourth-order valence-corrected chi connectivity index (χ4v) is 1.79. The highest BCUT2D eigenvalue weighted by Gasteiger charge is 1.96. The lowest BCUT2D eigenvalue weighted by molar-refractivity contribution is 0.592. The topological polar surface area (TPSA) is 24.1 Å². The Hall–Kier alpha value is -0.860. The summed E-state index contributed by atoms with van der Waals surface area (Å²) in [6.07, 6.45) is 2.42. The minimum absolute atomic E-state index is 0.981. The summed E-state index contributed by atoms with van der Waals surface area (Å²) >= 11 is 0. The van der Waals surface area contributed by atoms with Crippen molar-refractivity contribution >= 4 is 0 Å². The molecule has 0 amide bonds. The molecule has 0 radical (unpaired) electrons. The monoisotopic (exact) mass is 234 g/mol. The van der Waals surface area contributed by atoms with E-state index in [-0.39, 0.29) is 0 Å².